The summed E-state index contributed by atoms with van der Waals surface area (Å²) in [7, 11) is -4.76. The summed E-state index contributed by atoms with van der Waals surface area (Å²) in [5.74, 6) is -1.47. The van der Waals surface area contributed by atoms with Crippen molar-refractivity contribution in [2.75, 3.05) is 26.4 Å². The number of ether oxygens (including phenoxy) is 3. The maximum atomic E-state index is 13.0. The summed E-state index contributed by atoms with van der Waals surface area (Å²) in [4.78, 5) is 48.7. The molecule has 454 valence electrons. The minimum atomic E-state index is -4.76. The highest BCUT2D eigenvalue weighted by Gasteiger charge is 2.28. The Labute approximate surface area is 478 Å². The van der Waals surface area contributed by atoms with Crippen molar-refractivity contribution >= 4 is 25.7 Å². The number of phosphoric ester groups is 1. The number of carbonyl (C=O) groups is 3. The number of hydrogen-bond donors (Lipinski definition) is 2. The number of aliphatic hydroxyl groups is 1. The van der Waals surface area contributed by atoms with E-state index in [1.165, 1.54) is 148 Å². The minimum Gasteiger partial charge on any atom is -0.462 e. The fourth-order valence-electron chi connectivity index (χ4n) is 8.95. The number of phosphoric acid groups is 1. The summed E-state index contributed by atoms with van der Waals surface area (Å²) in [6.45, 7) is 4.57. The largest absolute Gasteiger partial charge is 0.472 e. The lowest BCUT2D eigenvalue weighted by Crippen LogP contribution is -2.30. The fourth-order valence-corrected chi connectivity index (χ4v) is 9.73. The molecule has 0 aliphatic rings. The molecular weight excluding hydrogens is 1000 g/mol. The highest BCUT2D eigenvalue weighted by Crippen LogP contribution is 2.43. The molecule has 0 bridgehead atoms. The second kappa shape index (κ2) is 60.3. The van der Waals surface area contributed by atoms with Gasteiger partial charge in [0.1, 0.15) is 12.7 Å². The van der Waals surface area contributed by atoms with Gasteiger partial charge in [-0.05, 0) is 103 Å². The van der Waals surface area contributed by atoms with Gasteiger partial charge in [-0.15, -0.1) is 0 Å². The van der Waals surface area contributed by atoms with Crippen LogP contribution in [0.4, 0.5) is 0 Å². The van der Waals surface area contributed by atoms with E-state index in [0.29, 0.717) is 19.3 Å². The Hall–Kier alpha value is -2.82. The molecule has 2 N–H and O–H groups in total. The van der Waals surface area contributed by atoms with Crippen molar-refractivity contribution in [2.45, 2.75) is 315 Å². The second-order valence-electron chi connectivity index (χ2n) is 21.6. The first kappa shape index (κ1) is 75.2. The highest BCUT2D eigenvalue weighted by molar-refractivity contribution is 7.47. The number of unbranched alkanes of at least 4 members (excludes halogenated alkanes) is 33. The van der Waals surface area contributed by atoms with Crippen LogP contribution in [0.15, 0.2) is 60.8 Å². The maximum Gasteiger partial charge on any atom is 0.472 e. The van der Waals surface area contributed by atoms with E-state index in [1.807, 2.05) is 0 Å². The Morgan fingerprint density at radius 1 is 0.359 bits per heavy atom. The van der Waals surface area contributed by atoms with Gasteiger partial charge in [0.25, 0.3) is 0 Å². The molecular formula is C66H119O11P. The molecule has 0 radical (unpaired) electrons. The first-order valence-corrected chi connectivity index (χ1v) is 33.7. The van der Waals surface area contributed by atoms with E-state index in [-0.39, 0.29) is 25.9 Å². The molecule has 0 saturated carbocycles. The summed E-state index contributed by atoms with van der Waals surface area (Å²) in [6, 6.07) is 0. The molecule has 0 fully saturated rings. The average Bonchev–Trinajstić information content (AvgIpc) is 3.43. The van der Waals surface area contributed by atoms with Crippen LogP contribution in [0.5, 0.6) is 0 Å². The van der Waals surface area contributed by atoms with Crippen molar-refractivity contribution in [2.24, 2.45) is 0 Å². The van der Waals surface area contributed by atoms with Gasteiger partial charge in [-0.25, -0.2) is 4.57 Å². The molecule has 0 amide bonds. The van der Waals surface area contributed by atoms with E-state index in [2.05, 4.69) is 81.5 Å². The van der Waals surface area contributed by atoms with E-state index in [4.69, 9.17) is 23.3 Å². The van der Waals surface area contributed by atoms with E-state index in [0.717, 1.165) is 96.3 Å². The zero-order valence-electron chi connectivity index (χ0n) is 50.4. The summed E-state index contributed by atoms with van der Waals surface area (Å²) >= 11 is 0. The zero-order valence-corrected chi connectivity index (χ0v) is 51.3. The van der Waals surface area contributed by atoms with Crippen LogP contribution < -0.4 is 0 Å². The third-order valence-electron chi connectivity index (χ3n) is 13.9. The summed E-state index contributed by atoms with van der Waals surface area (Å²) in [5.41, 5.74) is 0. The Morgan fingerprint density at radius 3 is 1.04 bits per heavy atom. The van der Waals surface area contributed by atoms with Gasteiger partial charge in [-0.1, -0.05) is 242 Å². The predicted molar refractivity (Wildman–Crippen MR) is 325 cm³/mol. The molecule has 0 aliphatic carbocycles. The molecule has 0 saturated heterocycles. The van der Waals surface area contributed by atoms with Crippen LogP contribution in [-0.4, -0.2) is 66.5 Å². The third-order valence-corrected chi connectivity index (χ3v) is 14.8. The Morgan fingerprint density at radius 2 is 0.654 bits per heavy atom. The van der Waals surface area contributed by atoms with E-state index < -0.39 is 57.8 Å². The standard InChI is InChI=1S/C66H119O11P/c1-4-7-10-13-16-19-22-25-27-29-31-33-35-38-40-43-46-49-52-55-64(68)73-59-63(77-66(70)57-54-51-48-45-42-39-36-34-32-30-28-26-23-20-17-14-11-8-5-2)61-75-78(71,72)74-60-62(58-67)76-65(69)56-53-50-47-44-41-37-24-21-18-15-12-9-6-3/h12,15-16,19,21,24-28,62-63,67H,4-11,13-14,17-18,20,22-23,29-61H2,1-3H3,(H,71,72)/b15-12-,19-16-,24-21-,27-25-,28-26-. The molecule has 0 spiro atoms. The quantitative estimate of drug-likeness (QED) is 0.0197. The van der Waals surface area contributed by atoms with Crippen LogP contribution in [0.1, 0.15) is 303 Å². The van der Waals surface area contributed by atoms with Gasteiger partial charge >= 0.3 is 25.7 Å². The van der Waals surface area contributed by atoms with Crippen LogP contribution in [0.25, 0.3) is 0 Å². The molecule has 0 aromatic carbocycles. The first-order chi connectivity index (χ1) is 38.2. The smallest absolute Gasteiger partial charge is 0.462 e. The van der Waals surface area contributed by atoms with Crippen molar-refractivity contribution < 1.29 is 52.2 Å². The normalized spacial score (nSPS) is 13.7. The van der Waals surface area contributed by atoms with Crippen LogP contribution in [0.3, 0.4) is 0 Å². The second-order valence-corrected chi connectivity index (χ2v) is 23.0. The van der Waals surface area contributed by atoms with Crippen molar-refractivity contribution in [3.05, 3.63) is 60.8 Å². The Bertz CT molecular complexity index is 1540. The zero-order chi connectivity index (χ0) is 56.9. The fraction of sp³-hybridized carbons (Fsp3) is 0.803. The van der Waals surface area contributed by atoms with Gasteiger partial charge in [0.05, 0.1) is 19.8 Å². The van der Waals surface area contributed by atoms with E-state index in [9.17, 15) is 28.9 Å². The van der Waals surface area contributed by atoms with Gasteiger partial charge in [0.15, 0.2) is 6.10 Å². The lowest BCUT2D eigenvalue weighted by molar-refractivity contribution is -0.161. The molecule has 78 heavy (non-hydrogen) atoms. The van der Waals surface area contributed by atoms with Gasteiger partial charge in [-0.3, -0.25) is 23.4 Å². The Kier molecular flexibility index (Phi) is 58.1. The molecule has 3 atom stereocenters. The number of aliphatic hydroxyl groups excluding tert-OH is 1. The first-order valence-electron chi connectivity index (χ1n) is 32.2. The summed E-state index contributed by atoms with van der Waals surface area (Å²) in [6.07, 6.45) is 67.4. The lowest BCUT2D eigenvalue weighted by Gasteiger charge is -2.21. The van der Waals surface area contributed by atoms with Crippen LogP contribution >= 0.6 is 7.82 Å². The molecule has 0 heterocycles. The number of rotatable bonds is 60. The third kappa shape index (κ3) is 57.9. The predicted octanol–water partition coefficient (Wildman–Crippen LogP) is 19.5. The number of allylic oxidation sites excluding steroid dienone is 10. The molecule has 11 nitrogen and oxygen atoms in total. The van der Waals surface area contributed by atoms with Crippen molar-refractivity contribution in [1.29, 1.82) is 0 Å². The average molecular weight is 1120 g/mol. The van der Waals surface area contributed by atoms with E-state index in [1.54, 1.807) is 0 Å². The van der Waals surface area contributed by atoms with Crippen LogP contribution in [0, 0.1) is 0 Å². The van der Waals surface area contributed by atoms with E-state index >= 15 is 0 Å². The van der Waals surface area contributed by atoms with Crippen molar-refractivity contribution in [1.82, 2.24) is 0 Å². The van der Waals surface area contributed by atoms with Gasteiger partial charge in [0, 0.05) is 19.3 Å². The molecule has 0 aromatic heterocycles. The molecule has 0 aromatic rings. The SMILES string of the molecule is CCC/C=C\C/C=C\CCCCCCCC(=O)OC(CO)COP(=O)(O)OCC(COC(=O)CCCCCCCCCCC/C=C\C/C=C\CCCCC)OC(=O)CCCCCCCCCCC/C=C\CCCCCCCC. The topological polar surface area (TPSA) is 155 Å². The summed E-state index contributed by atoms with van der Waals surface area (Å²) < 4.78 is 39.7. The Balaban J connectivity index is 4.70. The highest BCUT2D eigenvalue weighted by atomic mass is 31.2. The van der Waals surface area contributed by atoms with Crippen LogP contribution in [-0.2, 0) is 42.2 Å². The molecule has 12 heteroatoms. The van der Waals surface area contributed by atoms with Gasteiger partial charge in [-0.2, -0.15) is 0 Å². The van der Waals surface area contributed by atoms with Crippen molar-refractivity contribution in [3.8, 4) is 0 Å². The number of hydrogen-bond acceptors (Lipinski definition) is 10. The number of carbonyl (C=O) groups excluding carboxylic acids is 3. The number of esters is 3. The summed E-state index contributed by atoms with van der Waals surface area (Å²) in [5, 5.41) is 9.83. The lowest BCUT2D eigenvalue weighted by atomic mass is 10.1. The van der Waals surface area contributed by atoms with Gasteiger partial charge in [0.2, 0.25) is 0 Å². The van der Waals surface area contributed by atoms with Crippen molar-refractivity contribution in [3.63, 3.8) is 0 Å². The van der Waals surface area contributed by atoms with Gasteiger partial charge < -0.3 is 24.2 Å². The molecule has 0 aliphatic heterocycles. The minimum absolute atomic E-state index is 0.161. The molecule has 0 rings (SSSR count). The van der Waals surface area contributed by atoms with Crippen LogP contribution in [0.2, 0.25) is 0 Å². The monoisotopic (exact) mass is 1120 g/mol. The maximum absolute atomic E-state index is 13.0. The molecule has 3 unspecified atom stereocenters.